The molecular formula is C11H11BrFNO2. The van der Waals surface area contributed by atoms with E-state index in [-0.39, 0.29) is 10.0 Å². The van der Waals surface area contributed by atoms with E-state index in [9.17, 15) is 9.18 Å². The van der Waals surface area contributed by atoms with Crippen LogP contribution in [0.3, 0.4) is 0 Å². The van der Waals surface area contributed by atoms with Gasteiger partial charge in [0.25, 0.3) is 0 Å². The van der Waals surface area contributed by atoms with Gasteiger partial charge in [-0.1, -0.05) is 22.0 Å². The molecule has 0 aromatic heterocycles. The highest BCUT2D eigenvalue weighted by Gasteiger charge is 2.41. The van der Waals surface area contributed by atoms with Gasteiger partial charge in [0, 0.05) is 0 Å². The van der Waals surface area contributed by atoms with E-state index in [4.69, 9.17) is 0 Å². The number of amides is 1. The number of carbonyl (C=O) groups is 1. The number of alkyl halides is 1. The minimum absolute atomic E-state index is 0.0345. The Labute approximate surface area is 101 Å². The van der Waals surface area contributed by atoms with Gasteiger partial charge in [-0.15, -0.1) is 0 Å². The predicted molar refractivity (Wildman–Crippen MR) is 62.3 cm³/mol. The first-order chi connectivity index (χ1) is 7.55. The van der Waals surface area contributed by atoms with Crippen LogP contribution in [0.1, 0.15) is 18.4 Å². The summed E-state index contributed by atoms with van der Waals surface area (Å²) in [6, 6.07) is 4.70. The molecule has 5 heteroatoms. The first kappa shape index (κ1) is 11.4. The van der Waals surface area contributed by atoms with Crippen LogP contribution in [0.25, 0.3) is 0 Å². The van der Waals surface area contributed by atoms with Gasteiger partial charge in [-0.25, -0.2) is 9.18 Å². The van der Waals surface area contributed by atoms with Crippen molar-refractivity contribution in [3.05, 3.63) is 29.6 Å². The van der Waals surface area contributed by atoms with E-state index >= 15 is 0 Å². The quantitative estimate of drug-likeness (QED) is 0.847. The van der Waals surface area contributed by atoms with Crippen molar-refractivity contribution in [2.24, 2.45) is 0 Å². The lowest BCUT2D eigenvalue weighted by Crippen LogP contribution is -2.12. The Morgan fingerprint density at radius 2 is 2.25 bits per heavy atom. The lowest BCUT2D eigenvalue weighted by Gasteiger charge is -2.10. The lowest BCUT2D eigenvalue weighted by molar-refractivity contribution is 0.187. The van der Waals surface area contributed by atoms with E-state index in [1.165, 1.54) is 13.2 Å². The van der Waals surface area contributed by atoms with Crippen molar-refractivity contribution in [3.8, 4) is 0 Å². The molecule has 0 atom stereocenters. The number of hydrogen-bond acceptors (Lipinski definition) is 2. The Balaban J connectivity index is 2.26. The average molecular weight is 288 g/mol. The van der Waals surface area contributed by atoms with Crippen LogP contribution >= 0.6 is 15.9 Å². The van der Waals surface area contributed by atoms with Crippen LogP contribution in [0.2, 0.25) is 0 Å². The number of benzene rings is 1. The molecule has 2 rings (SSSR count). The van der Waals surface area contributed by atoms with E-state index in [0.29, 0.717) is 0 Å². The summed E-state index contributed by atoms with van der Waals surface area (Å²) in [7, 11) is 1.24. The van der Waals surface area contributed by atoms with Crippen molar-refractivity contribution in [3.63, 3.8) is 0 Å². The maximum absolute atomic E-state index is 13.4. The Bertz CT molecular complexity index is 432. The molecule has 3 nitrogen and oxygen atoms in total. The highest BCUT2D eigenvalue weighted by Crippen LogP contribution is 2.54. The zero-order valence-electron chi connectivity index (χ0n) is 8.72. The zero-order chi connectivity index (χ0) is 11.8. The number of methoxy groups -OCH3 is 1. The third-order valence-electron chi connectivity index (χ3n) is 2.59. The lowest BCUT2D eigenvalue weighted by atomic mass is 10.1. The number of anilines is 1. The molecule has 1 saturated carbocycles. The normalized spacial score (nSPS) is 16.7. The fraction of sp³-hybridized carbons (Fsp3) is 0.364. The summed E-state index contributed by atoms with van der Waals surface area (Å²) < 4.78 is 17.8. The molecule has 1 amide bonds. The van der Waals surface area contributed by atoms with Crippen molar-refractivity contribution in [1.29, 1.82) is 0 Å². The molecule has 1 aliphatic rings. The number of halogens is 2. The van der Waals surface area contributed by atoms with E-state index in [1.807, 2.05) is 0 Å². The molecule has 0 saturated heterocycles. The standard InChI is InChI=1S/C11H11BrFNO2/c1-16-10(15)14-9-6-7(2-3-8(9)13)11(12)4-5-11/h2-3,6H,4-5H2,1H3,(H,14,15). The summed E-state index contributed by atoms with van der Waals surface area (Å²) in [6.07, 6.45) is 1.38. The monoisotopic (exact) mass is 287 g/mol. The molecule has 1 aliphatic carbocycles. The highest BCUT2D eigenvalue weighted by atomic mass is 79.9. The summed E-state index contributed by atoms with van der Waals surface area (Å²) in [5.74, 6) is -0.467. The van der Waals surface area contributed by atoms with Crippen LogP contribution in [0, 0.1) is 5.82 Å². The van der Waals surface area contributed by atoms with Gasteiger partial charge in [0.2, 0.25) is 0 Å². The second-order valence-electron chi connectivity index (χ2n) is 3.78. The van der Waals surface area contributed by atoms with Crippen LogP contribution in [-0.2, 0) is 9.06 Å². The largest absolute Gasteiger partial charge is 0.453 e. The Kier molecular flexibility index (Phi) is 2.88. The molecule has 16 heavy (non-hydrogen) atoms. The number of hydrogen-bond donors (Lipinski definition) is 1. The third kappa shape index (κ3) is 2.19. The maximum atomic E-state index is 13.4. The minimum atomic E-state index is -0.671. The topological polar surface area (TPSA) is 38.3 Å². The van der Waals surface area contributed by atoms with Gasteiger partial charge < -0.3 is 4.74 Å². The van der Waals surface area contributed by atoms with Crippen LogP contribution < -0.4 is 5.32 Å². The SMILES string of the molecule is COC(=O)Nc1cc(C2(Br)CC2)ccc1F. The van der Waals surface area contributed by atoms with E-state index < -0.39 is 11.9 Å². The van der Waals surface area contributed by atoms with Gasteiger partial charge >= 0.3 is 6.09 Å². The smallest absolute Gasteiger partial charge is 0.411 e. The number of ether oxygens (including phenoxy) is 1. The van der Waals surface area contributed by atoms with Crippen LogP contribution in [-0.4, -0.2) is 13.2 Å². The fourth-order valence-corrected chi connectivity index (χ4v) is 1.90. The molecule has 0 spiro atoms. The van der Waals surface area contributed by atoms with Gasteiger partial charge in [0.05, 0.1) is 17.1 Å². The summed E-state index contributed by atoms with van der Waals surface area (Å²) in [4.78, 5) is 11.0. The molecule has 86 valence electrons. The van der Waals surface area contributed by atoms with Gasteiger partial charge in [-0.3, -0.25) is 5.32 Å². The molecule has 0 bridgehead atoms. The molecular weight excluding hydrogens is 277 g/mol. The van der Waals surface area contributed by atoms with Crippen molar-refractivity contribution >= 4 is 27.7 Å². The van der Waals surface area contributed by atoms with Gasteiger partial charge in [0.15, 0.2) is 0 Å². The molecule has 1 N–H and O–H groups in total. The Hall–Kier alpha value is -1.10. The van der Waals surface area contributed by atoms with Crippen LogP contribution in [0.5, 0.6) is 0 Å². The second-order valence-corrected chi connectivity index (χ2v) is 5.29. The van der Waals surface area contributed by atoms with Crippen LogP contribution in [0.15, 0.2) is 18.2 Å². The summed E-state index contributed by atoms with van der Waals surface area (Å²) in [5, 5.41) is 2.34. The number of nitrogens with one attached hydrogen (secondary N) is 1. The van der Waals surface area contributed by atoms with Crippen molar-refractivity contribution in [2.45, 2.75) is 17.2 Å². The van der Waals surface area contributed by atoms with Gasteiger partial charge in [-0.05, 0) is 30.5 Å². The number of carbonyl (C=O) groups excluding carboxylic acids is 1. The fourth-order valence-electron chi connectivity index (χ4n) is 1.46. The van der Waals surface area contributed by atoms with Crippen LogP contribution in [0.4, 0.5) is 14.9 Å². The zero-order valence-corrected chi connectivity index (χ0v) is 10.3. The molecule has 0 unspecified atom stereocenters. The van der Waals surface area contributed by atoms with E-state index in [2.05, 4.69) is 26.0 Å². The summed E-state index contributed by atoms with van der Waals surface area (Å²) >= 11 is 3.57. The molecule has 1 fully saturated rings. The average Bonchev–Trinajstić information content (AvgIpc) is 3.00. The third-order valence-corrected chi connectivity index (χ3v) is 3.85. The first-order valence-electron chi connectivity index (χ1n) is 4.89. The van der Waals surface area contributed by atoms with E-state index in [0.717, 1.165) is 18.4 Å². The summed E-state index contributed by atoms with van der Waals surface area (Å²) in [5.41, 5.74) is 1.12. The van der Waals surface area contributed by atoms with Gasteiger partial charge in [0.1, 0.15) is 5.82 Å². The summed E-state index contributed by atoms with van der Waals surface area (Å²) in [6.45, 7) is 0. The highest BCUT2D eigenvalue weighted by molar-refractivity contribution is 9.09. The molecule has 0 aliphatic heterocycles. The molecule has 1 aromatic rings. The van der Waals surface area contributed by atoms with E-state index in [1.54, 1.807) is 12.1 Å². The Morgan fingerprint density at radius 1 is 1.56 bits per heavy atom. The first-order valence-corrected chi connectivity index (χ1v) is 5.68. The predicted octanol–water partition coefficient (Wildman–Crippen LogP) is 3.39. The van der Waals surface area contributed by atoms with Crippen molar-refractivity contribution in [2.75, 3.05) is 12.4 Å². The molecule has 0 radical (unpaired) electrons. The molecule has 0 heterocycles. The number of rotatable bonds is 2. The van der Waals surface area contributed by atoms with Crippen molar-refractivity contribution < 1.29 is 13.9 Å². The second kappa shape index (κ2) is 4.05. The maximum Gasteiger partial charge on any atom is 0.411 e. The Morgan fingerprint density at radius 3 is 2.81 bits per heavy atom. The molecule has 1 aromatic carbocycles. The van der Waals surface area contributed by atoms with Gasteiger partial charge in [-0.2, -0.15) is 0 Å². The van der Waals surface area contributed by atoms with Crippen molar-refractivity contribution in [1.82, 2.24) is 0 Å². The minimum Gasteiger partial charge on any atom is -0.453 e.